The fourth-order valence-corrected chi connectivity index (χ4v) is 3.56. The standard InChI is InChI=1S/C16H29N5O3/c1-12(4-2-3-7-18-10-13(22)20-15(17)24)19-14(23)16-5-8-21(11-16)9-6-16/h12,18H,2-11H2,1H3,(H,19,23)(H3,17,20,22,24). The molecule has 136 valence electrons. The molecular weight excluding hydrogens is 310 g/mol. The minimum atomic E-state index is -0.835. The van der Waals surface area contributed by atoms with Crippen LogP contribution in [0.4, 0.5) is 4.79 Å². The van der Waals surface area contributed by atoms with Crippen LogP contribution in [0.5, 0.6) is 0 Å². The molecule has 8 heteroatoms. The second kappa shape index (κ2) is 8.43. The second-order valence-electron chi connectivity index (χ2n) is 7.02. The number of imide groups is 1. The molecule has 2 aliphatic heterocycles. The summed E-state index contributed by atoms with van der Waals surface area (Å²) in [5.41, 5.74) is 4.71. The van der Waals surface area contributed by atoms with Crippen LogP contribution in [0.15, 0.2) is 0 Å². The van der Waals surface area contributed by atoms with Crippen LogP contribution in [0, 0.1) is 5.41 Å². The second-order valence-corrected chi connectivity index (χ2v) is 7.02. The molecule has 0 aromatic heterocycles. The van der Waals surface area contributed by atoms with Crippen molar-refractivity contribution in [3.05, 3.63) is 0 Å². The van der Waals surface area contributed by atoms with E-state index in [9.17, 15) is 14.4 Å². The number of amides is 4. The monoisotopic (exact) mass is 339 g/mol. The molecule has 4 amide bonds. The molecular formula is C16H29N5O3. The van der Waals surface area contributed by atoms with Crippen molar-refractivity contribution in [3.63, 3.8) is 0 Å². The average molecular weight is 339 g/mol. The summed E-state index contributed by atoms with van der Waals surface area (Å²) < 4.78 is 0. The smallest absolute Gasteiger partial charge is 0.318 e. The number of hydrogen-bond donors (Lipinski definition) is 4. The predicted octanol–water partition coefficient (Wildman–Crippen LogP) is -0.458. The van der Waals surface area contributed by atoms with Crippen molar-refractivity contribution in [1.82, 2.24) is 20.9 Å². The minimum Gasteiger partial charge on any atom is -0.353 e. The van der Waals surface area contributed by atoms with Gasteiger partial charge in [0.25, 0.3) is 0 Å². The van der Waals surface area contributed by atoms with Gasteiger partial charge < -0.3 is 21.3 Å². The van der Waals surface area contributed by atoms with Crippen LogP contribution < -0.4 is 21.7 Å². The number of unbranched alkanes of at least 4 members (excludes halogenated alkanes) is 1. The van der Waals surface area contributed by atoms with Crippen molar-refractivity contribution in [2.45, 2.75) is 45.1 Å². The van der Waals surface area contributed by atoms with Crippen molar-refractivity contribution < 1.29 is 14.4 Å². The average Bonchev–Trinajstić information content (AvgIpc) is 3.12. The quantitative estimate of drug-likeness (QED) is 0.424. The number of carbonyl (C=O) groups excluding carboxylic acids is 3. The van der Waals surface area contributed by atoms with Crippen LogP contribution in [-0.4, -0.2) is 61.5 Å². The third kappa shape index (κ3) is 5.17. The number of urea groups is 1. The van der Waals surface area contributed by atoms with Gasteiger partial charge in [0, 0.05) is 12.6 Å². The molecule has 1 unspecified atom stereocenters. The highest BCUT2D eigenvalue weighted by atomic mass is 16.2. The van der Waals surface area contributed by atoms with Gasteiger partial charge in [0.1, 0.15) is 0 Å². The number of hydrogen-bond acceptors (Lipinski definition) is 5. The Morgan fingerprint density at radius 3 is 2.50 bits per heavy atom. The fraction of sp³-hybridized carbons (Fsp3) is 0.812. The molecule has 2 saturated heterocycles. The van der Waals surface area contributed by atoms with Gasteiger partial charge in [-0.05, 0) is 52.2 Å². The summed E-state index contributed by atoms with van der Waals surface area (Å²) in [4.78, 5) is 36.5. The predicted molar refractivity (Wildman–Crippen MR) is 90.2 cm³/mol. The van der Waals surface area contributed by atoms with E-state index in [-0.39, 0.29) is 23.9 Å². The SMILES string of the molecule is CC(CCCCNCC(=O)NC(N)=O)NC(=O)C12CCN(CC1)C2. The molecule has 0 spiro atoms. The molecule has 2 rings (SSSR count). The maximum Gasteiger partial charge on any atom is 0.318 e. The number of nitrogens with zero attached hydrogens (tertiary/aromatic N) is 1. The lowest BCUT2D eigenvalue weighted by molar-refractivity contribution is -0.130. The van der Waals surface area contributed by atoms with E-state index in [1.54, 1.807) is 0 Å². The maximum atomic E-state index is 12.5. The van der Waals surface area contributed by atoms with Crippen molar-refractivity contribution in [3.8, 4) is 0 Å². The van der Waals surface area contributed by atoms with Gasteiger partial charge in [0.15, 0.2) is 0 Å². The third-order valence-electron chi connectivity index (χ3n) is 4.99. The first-order valence-corrected chi connectivity index (χ1v) is 8.75. The zero-order valence-electron chi connectivity index (χ0n) is 14.4. The zero-order valence-corrected chi connectivity index (χ0v) is 14.4. The van der Waals surface area contributed by atoms with Gasteiger partial charge in [0.05, 0.1) is 12.0 Å². The van der Waals surface area contributed by atoms with E-state index >= 15 is 0 Å². The lowest BCUT2D eigenvalue weighted by atomic mass is 9.83. The summed E-state index contributed by atoms with van der Waals surface area (Å²) >= 11 is 0. The third-order valence-corrected chi connectivity index (χ3v) is 4.99. The highest BCUT2D eigenvalue weighted by Crippen LogP contribution is 2.40. The molecule has 2 bridgehead atoms. The number of nitrogens with one attached hydrogen (secondary N) is 3. The molecule has 8 nitrogen and oxygen atoms in total. The van der Waals surface area contributed by atoms with E-state index in [0.717, 1.165) is 51.7 Å². The largest absolute Gasteiger partial charge is 0.353 e. The van der Waals surface area contributed by atoms with Gasteiger partial charge in [0.2, 0.25) is 11.8 Å². The summed E-state index contributed by atoms with van der Waals surface area (Å²) in [5.74, 6) is -0.208. The maximum absolute atomic E-state index is 12.5. The van der Waals surface area contributed by atoms with Crippen LogP contribution in [0.1, 0.15) is 39.0 Å². The number of piperidine rings is 1. The van der Waals surface area contributed by atoms with Gasteiger partial charge in [-0.25, -0.2) is 4.79 Å². The lowest BCUT2D eigenvalue weighted by Gasteiger charge is -2.26. The Balaban J connectivity index is 1.52. The Hall–Kier alpha value is -1.67. The number of fused-ring (bicyclic) bond motifs is 2. The van der Waals surface area contributed by atoms with Crippen LogP contribution >= 0.6 is 0 Å². The van der Waals surface area contributed by atoms with Gasteiger partial charge in [-0.15, -0.1) is 0 Å². The number of nitrogens with two attached hydrogens (primary N) is 1. The normalized spacial score (nSPS) is 26.1. The summed E-state index contributed by atoms with van der Waals surface area (Å²) in [6.45, 7) is 5.83. The van der Waals surface area contributed by atoms with E-state index in [4.69, 9.17) is 5.73 Å². The highest BCUT2D eigenvalue weighted by Gasteiger charge is 2.49. The molecule has 0 aromatic carbocycles. The zero-order chi connectivity index (χ0) is 17.6. The number of carbonyl (C=O) groups is 3. The van der Waals surface area contributed by atoms with E-state index in [2.05, 4.69) is 15.5 Å². The van der Waals surface area contributed by atoms with Gasteiger partial charge in [-0.1, -0.05) is 6.42 Å². The fourth-order valence-electron chi connectivity index (χ4n) is 3.56. The van der Waals surface area contributed by atoms with E-state index < -0.39 is 11.9 Å². The topological polar surface area (TPSA) is 117 Å². The molecule has 2 fully saturated rings. The molecule has 0 aromatic rings. The minimum absolute atomic E-state index is 0.0776. The lowest BCUT2D eigenvalue weighted by Crippen LogP contribution is -2.44. The molecule has 5 N–H and O–H groups in total. The van der Waals surface area contributed by atoms with Crippen LogP contribution in [0.3, 0.4) is 0 Å². The van der Waals surface area contributed by atoms with E-state index in [1.807, 2.05) is 12.2 Å². The van der Waals surface area contributed by atoms with Crippen molar-refractivity contribution in [1.29, 1.82) is 0 Å². The summed E-state index contributed by atoms with van der Waals surface area (Å²) in [5, 5.41) is 8.13. The molecule has 2 aliphatic rings. The van der Waals surface area contributed by atoms with E-state index in [0.29, 0.717) is 6.54 Å². The van der Waals surface area contributed by atoms with Crippen molar-refractivity contribution in [2.24, 2.45) is 11.1 Å². The first kappa shape index (κ1) is 18.7. The van der Waals surface area contributed by atoms with Gasteiger partial charge in [-0.3, -0.25) is 14.9 Å². The molecule has 2 heterocycles. The summed E-state index contributed by atoms with van der Waals surface area (Å²) in [6.07, 6.45) is 4.76. The van der Waals surface area contributed by atoms with Crippen molar-refractivity contribution in [2.75, 3.05) is 32.7 Å². The number of rotatable bonds is 9. The first-order chi connectivity index (χ1) is 11.4. The Morgan fingerprint density at radius 2 is 1.92 bits per heavy atom. The summed E-state index contributed by atoms with van der Waals surface area (Å²) in [7, 11) is 0. The highest BCUT2D eigenvalue weighted by molar-refractivity contribution is 5.94. The Kier molecular flexibility index (Phi) is 6.56. The molecule has 24 heavy (non-hydrogen) atoms. The van der Waals surface area contributed by atoms with E-state index in [1.165, 1.54) is 0 Å². The van der Waals surface area contributed by atoms with Crippen LogP contribution in [0.2, 0.25) is 0 Å². The molecule has 0 aliphatic carbocycles. The first-order valence-electron chi connectivity index (χ1n) is 8.75. The number of primary amides is 1. The molecule has 1 atom stereocenters. The summed E-state index contributed by atoms with van der Waals surface area (Å²) in [6, 6.07) is -0.668. The van der Waals surface area contributed by atoms with Crippen LogP contribution in [0.25, 0.3) is 0 Å². The Bertz CT molecular complexity index is 474. The molecule has 0 radical (unpaired) electrons. The molecule has 0 saturated carbocycles. The Labute approximate surface area is 142 Å². The van der Waals surface area contributed by atoms with Gasteiger partial charge >= 0.3 is 6.03 Å². The van der Waals surface area contributed by atoms with Crippen LogP contribution in [-0.2, 0) is 9.59 Å². The van der Waals surface area contributed by atoms with Gasteiger partial charge in [-0.2, -0.15) is 0 Å². The Morgan fingerprint density at radius 1 is 1.21 bits per heavy atom. The van der Waals surface area contributed by atoms with Crippen molar-refractivity contribution >= 4 is 17.8 Å².